The Balaban J connectivity index is 1.30. The van der Waals surface area contributed by atoms with E-state index in [0.29, 0.717) is 5.75 Å². The first-order valence-corrected chi connectivity index (χ1v) is 12.7. The molecule has 0 atom stereocenters. The number of hydrogen-bond donors (Lipinski definition) is 2. The number of nitrogens with two attached hydrogens (primary N) is 1. The summed E-state index contributed by atoms with van der Waals surface area (Å²) in [6, 6.07) is 25.1. The highest BCUT2D eigenvalue weighted by Gasteiger charge is 2.22. The molecule has 1 heterocycles. The molecule has 0 aromatic heterocycles. The number of carbonyl (C=O) groups is 1. The maximum absolute atomic E-state index is 11.3. The molecule has 6 heteroatoms. The van der Waals surface area contributed by atoms with Crippen molar-refractivity contribution in [3.8, 4) is 11.5 Å². The van der Waals surface area contributed by atoms with E-state index < -0.39 is 0 Å². The maximum atomic E-state index is 11.3. The Morgan fingerprint density at radius 2 is 1.58 bits per heavy atom. The van der Waals surface area contributed by atoms with Gasteiger partial charge in [-0.15, -0.1) is 0 Å². The third kappa shape index (κ3) is 5.78. The van der Waals surface area contributed by atoms with Crippen molar-refractivity contribution >= 4 is 17.1 Å². The van der Waals surface area contributed by atoms with E-state index in [0.717, 1.165) is 31.7 Å². The van der Waals surface area contributed by atoms with Crippen molar-refractivity contribution in [3.05, 3.63) is 95.1 Å². The van der Waals surface area contributed by atoms with E-state index in [1.54, 1.807) is 0 Å². The van der Waals surface area contributed by atoms with Crippen molar-refractivity contribution in [2.24, 2.45) is 5.84 Å². The SMILES string of the molecule is NNC(=O)COc1ccc(CC2=C(c3ccc(OCCN4CCCC4)cc3)Cc3ccccc32)cc1. The molecule has 3 aromatic rings. The Bertz CT molecular complexity index is 1210. The van der Waals surface area contributed by atoms with Gasteiger partial charge in [-0.3, -0.25) is 15.1 Å². The van der Waals surface area contributed by atoms with Gasteiger partial charge in [-0.05, 0) is 96.4 Å². The number of allylic oxidation sites excluding steroid dienone is 2. The standard InChI is InChI=1S/C30H33N3O3/c31-32-30(34)21-36-26-11-7-22(8-12-26)19-29-27-6-2-1-5-24(27)20-28(29)23-9-13-25(14-10-23)35-18-17-33-15-3-4-16-33/h1-2,5-14H,3-4,15-21,31H2,(H,32,34). The fourth-order valence-corrected chi connectivity index (χ4v) is 5.06. The van der Waals surface area contributed by atoms with Gasteiger partial charge in [0.2, 0.25) is 0 Å². The number of nitrogens with zero attached hydrogens (tertiary/aromatic N) is 1. The second-order valence-corrected chi connectivity index (χ2v) is 9.39. The average molecular weight is 484 g/mol. The zero-order valence-corrected chi connectivity index (χ0v) is 20.5. The lowest BCUT2D eigenvalue weighted by Crippen LogP contribution is -2.34. The molecule has 1 saturated heterocycles. The zero-order chi connectivity index (χ0) is 24.7. The molecule has 3 N–H and O–H groups in total. The van der Waals surface area contributed by atoms with Crippen LogP contribution in [0.4, 0.5) is 0 Å². The van der Waals surface area contributed by atoms with Gasteiger partial charge in [0.25, 0.3) is 5.91 Å². The fourth-order valence-electron chi connectivity index (χ4n) is 5.06. The largest absolute Gasteiger partial charge is 0.492 e. The number of benzene rings is 3. The minimum absolute atomic E-state index is 0.101. The van der Waals surface area contributed by atoms with Crippen LogP contribution in [0.25, 0.3) is 11.1 Å². The Morgan fingerprint density at radius 3 is 2.33 bits per heavy atom. The summed E-state index contributed by atoms with van der Waals surface area (Å²) in [4.78, 5) is 13.8. The summed E-state index contributed by atoms with van der Waals surface area (Å²) in [7, 11) is 0. The molecule has 186 valence electrons. The molecular formula is C30H33N3O3. The second-order valence-electron chi connectivity index (χ2n) is 9.39. The number of carbonyl (C=O) groups excluding carboxylic acids is 1. The molecule has 0 spiro atoms. The molecular weight excluding hydrogens is 450 g/mol. The normalized spacial score (nSPS) is 15.1. The van der Waals surface area contributed by atoms with Gasteiger partial charge in [0.05, 0.1) is 0 Å². The molecule has 3 aromatic carbocycles. The number of likely N-dealkylation sites (tertiary alicyclic amines) is 1. The van der Waals surface area contributed by atoms with Crippen molar-refractivity contribution in [3.63, 3.8) is 0 Å². The van der Waals surface area contributed by atoms with Crippen LogP contribution in [0.15, 0.2) is 72.8 Å². The van der Waals surface area contributed by atoms with Gasteiger partial charge in [-0.25, -0.2) is 5.84 Å². The Morgan fingerprint density at radius 1 is 0.889 bits per heavy atom. The van der Waals surface area contributed by atoms with Crippen LogP contribution in [0.5, 0.6) is 11.5 Å². The van der Waals surface area contributed by atoms with Gasteiger partial charge in [0.1, 0.15) is 18.1 Å². The van der Waals surface area contributed by atoms with E-state index in [4.69, 9.17) is 15.3 Å². The predicted octanol–water partition coefficient (Wildman–Crippen LogP) is 4.24. The summed E-state index contributed by atoms with van der Waals surface area (Å²) in [6.45, 7) is 4.02. The molecule has 6 nitrogen and oxygen atoms in total. The van der Waals surface area contributed by atoms with E-state index in [9.17, 15) is 4.79 Å². The van der Waals surface area contributed by atoms with Gasteiger partial charge in [-0.1, -0.05) is 48.5 Å². The summed E-state index contributed by atoms with van der Waals surface area (Å²) in [5, 5.41) is 0. The summed E-state index contributed by atoms with van der Waals surface area (Å²) in [6.07, 6.45) is 4.36. The molecule has 0 radical (unpaired) electrons. The van der Waals surface area contributed by atoms with Crippen molar-refractivity contribution in [1.82, 2.24) is 10.3 Å². The second kappa shape index (κ2) is 11.4. The Hall–Kier alpha value is -3.61. The van der Waals surface area contributed by atoms with Gasteiger partial charge >= 0.3 is 0 Å². The van der Waals surface area contributed by atoms with Crippen LogP contribution >= 0.6 is 0 Å². The number of nitrogens with one attached hydrogen (secondary N) is 1. The Labute approximate surface area is 212 Å². The van der Waals surface area contributed by atoms with Crippen molar-refractivity contribution < 1.29 is 14.3 Å². The summed E-state index contributed by atoms with van der Waals surface area (Å²) >= 11 is 0. The van der Waals surface area contributed by atoms with Crippen molar-refractivity contribution in [2.45, 2.75) is 25.7 Å². The van der Waals surface area contributed by atoms with Crippen LogP contribution in [0.3, 0.4) is 0 Å². The zero-order valence-electron chi connectivity index (χ0n) is 20.5. The predicted molar refractivity (Wildman–Crippen MR) is 143 cm³/mol. The molecule has 0 bridgehead atoms. The first-order valence-electron chi connectivity index (χ1n) is 12.7. The molecule has 1 amide bonds. The first kappa shape index (κ1) is 24.1. The van der Waals surface area contributed by atoms with E-state index in [-0.39, 0.29) is 12.5 Å². The smallest absolute Gasteiger partial charge is 0.271 e. The van der Waals surface area contributed by atoms with Crippen LogP contribution in [-0.4, -0.2) is 43.7 Å². The monoisotopic (exact) mass is 483 g/mol. The highest BCUT2D eigenvalue weighted by atomic mass is 16.5. The minimum atomic E-state index is -0.362. The van der Waals surface area contributed by atoms with Gasteiger partial charge in [0.15, 0.2) is 6.61 Å². The number of amides is 1. The van der Waals surface area contributed by atoms with Gasteiger partial charge in [-0.2, -0.15) is 0 Å². The van der Waals surface area contributed by atoms with E-state index in [1.807, 2.05) is 12.1 Å². The number of hydrogen-bond acceptors (Lipinski definition) is 5. The fraction of sp³-hybridized carbons (Fsp3) is 0.300. The minimum Gasteiger partial charge on any atom is -0.492 e. The highest BCUT2D eigenvalue weighted by Crippen LogP contribution is 2.40. The topological polar surface area (TPSA) is 76.8 Å². The molecule has 1 aliphatic heterocycles. The van der Waals surface area contributed by atoms with Crippen LogP contribution < -0.4 is 20.7 Å². The van der Waals surface area contributed by atoms with E-state index in [2.05, 4.69) is 71.0 Å². The summed E-state index contributed by atoms with van der Waals surface area (Å²) in [5.41, 5.74) is 9.89. The molecule has 2 aliphatic rings. The lowest BCUT2D eigenvalue weighted by atomic mass is 9.95. The average Bonchev–Trinajstić information content (AvgIpc) is 3.57. The Kier molecular flexibility index (Phi) is 7.64. The number of ether oxygens (including phenoxy) is 2. The third-order valence-electron chi connectivity index (χ3n) is 6.99. The van der Waals surface area contributed by atoms with Crippen LogP contribution in [0, 0.1) is 0 Å². The third-order valence-corrected chi connectivity index (χ3v) is 6.99. The lowest BCUT2D eigenvalue weighted by molar-refractivity contribution is -0.123. The number of rotatable bonds is 10. The van der Waals surface area contributed by atoms with Crippen LogP contribution in [-0.2, 0) is 17.6 Å². The number of fused-ring (bicyclic) bond motifs is 1. The van der Waals surface area contributed by atoms with Crippen molar-refractivity contribution in [1.29, 1.82) is 0 Å². The highest BCUT2D eigenvalue weighted by molar-refractivity contribution is 5.97. The van der Waals surface area contributed by atoms with Gasteiger partial charge < -0.3 is 9.47 Å². The van der Waals surface area contributed by atoms with Crippen LogP contribution in [0.1, 0.15) is 35.1 Å². The molecule has 0 saturated carbocycles. The maximum Gasteiger partial charge on any atom is 0.271 e. The summed E-state index contributed by atoms with van der Waals surface area (Å²) in [5.74, 6) is 6.32. The summed E-state index contributed by atoms with van der Waals surface area (Å²) < 4.78 is 11.5. The first-order chi connectivity index (χ1) is 17.7. The van der Waals surface area contributed by atoms with Gasteiger partial charge in [0, 0.05) is 6.54 Å². The molecule has 0 unspecified atom stereocenters. The molecule has 36 heavy (non-hydrogen) atoms. The quantitative estimate of drug-likeness (QED) is 0.256. The number of hydrazine groups is 1. The lowest BCUT2D eigenvalue weighted by Gasteiger charge is -2.15. The van der Waals surface area contributed by atoms with Crippen LogP contribution in [0.2, 0.25) is 0 Å². The van der Waals surface area contributed by atoms with E-state index >= 15 is 0 Å². The molecule has 1 fully saturated rings. The van der Waals surface area contributed by atoms with E-state index in [1.165, 1.54) is 59.3 Å². The molecule has 1 aliphatic carbocycles. The van der Waals surface area contributed by atoms with Crippen molar-refractivity contribution in [2.75, 3.05) is 32.8 Å². The molecule has 5 rings (SSSR count).